The van der Waals surface area contributed by atoms with Crippen LogP contribution in [0.5, 0.6) is 0 Å². The average molecular weight is 533 g/mol. The molecule has 7 heteroatoms. The minimum atomic E-state index is -3.88. The predicted molar refractivity (Wildman–Crippen MR) is 151 cm³/mol. The molecule has 0 aliphatic rings. The number of carbonyl (C=O) groups is 1. The van der Waals surface area contributed by atoms with Crippen molar-refractivity contribution in [1.29, 1.82) is 0 Å². The zero-order chi connectivity index (χ0) is 26.6. The van der Waals surface area contributed by atoms with Gasteiger partial charge in [-0.1, -0.05) is 80.0 Å². The Kier molecular flexibility index (Phi) is 8.00. The molecule has 0 bridgehead atoms. The van der Waals surface area contributed by atoms with Crippen molar-refractivity contribution >= 4 is 38.9 Å². The Balaban J connectivity index is 1.63. The molecule has 0 spiro atoms. The fraction of sp³-hybridized carbons (Fsp3) is 0.167. The molecule has 4 aromatic rings. The number of nitrogens with zero attached hydrogens (tertiary/aromatic N) is 1. The van der Waals surface area contributed by atoms with E-state index in [1.807, 2.05) is 31.2 Å². The van der Waals surface area contributed by atoms with Crippen LogP contribution in [-0.2, 0) is 16.6 Å². The van der Waals surface area contributed by atoms with Gasteiger partial charge in [0.15, 0.2) is 0 Å². The Morgan fingerprint density at radius 2 is 1.54 bits per heavy atom. The highest BCUT2D eigenvalue weighted by Gasteiger charge is 2.26. The highest BCUT2D eigenvalue weighted by Crippen LogP contribution is 2.31. The molecule has 0 fully saturated rings. The summed E-state index contributed by atoms with van der Waals surface area (Å²) in [5.74, 6) is 0.0467. The van der Waals surface area contributed by atoms with Crippen LogP contribution < -0.4 is 9.62 Å². The van der Waals surface area contributed by atoms with Crippen molar-refractivity contribution in [2.45, 2.75) is 38.1 Å². The molecule has 1 N–H and O–H groups in total. The lowest BCUT2D eigenvalue weighted by molar-refractivity contribution is 0.102. The van der Waals surface area contributed by atoms with E-state index in [0.29, 0.717) is 16.3 Å². The Bertz CT molecular complexity index is 1500. The summed E-state index contributed by atoms with van der Waals surface area (Å²) in [6.45, 7) is 6.09. The molecule has 4 rings (SSSR count). The fourth-order valence-electron chi connectivity index (χ4n) is 4.11. The highest BCUT2D eigenvalue weighted by molar-refractivity contribution is 7.92. The molecule has 190 valence electrons. The van der Waals surface area contributed by atoms with Gasteiger partial charge in [-0.05, 0) is 72.0 Å². The first-order chi connectivity index (χ1) is 17.7. The molecule has 4 aromatic carbocycles. The first-order valence-electron chi connectivity index (χ1n) is 12.0. The van der Waals surface area contributed by atoms with Crippen molar-refractivity contribution in [3.8, 4) is 0 Å². The van der Waals surface area contributed by atoms with Crippen molar-refractivity contribution in [2.75, 3.05) is 9.62 Å². The third-order valence-corrected chi connectivity index (χ3v) is 8.15. The zero-order valence-electron chi connectivity index (χ0n) is 21.0. The van der Waals surface area contributed by atoms with E-state index in [2.05, 4.69) is 19.2 Å². The largest absolute Gasteiger partial charge is 0.322 e. The molecular formula is C30H29ClN2O3S. The van der Waals surface area contributed by atoms with E-state index >= 15 is 0 Å². The van der Waals surface area contributed by atoms with Crippen molar-refractivity contribution in [3.63, 3.8) is 0 Å². The summed E-state index contributed by atoms with van der Waals surface area (Å²) >= 11 is 6.25. The van der Waals surface area contributed by atoms with Crippen LogP contribution in [-0.4, -0.2) is 14.3 Å². The molecule has 0 unspecified atom stereocenters. The van der Waals surface area contributed by atoms with Gasteiger partial charge in [0.25, 0.3) is 15.9 Å². The lowest BCUT2D eigenvalue weighted by Crippen LogP contribution is -2.31. The number of rotatable bonds is 8. The van der Waals surface area contributed by atoms with E-state index in [0.717, 1.165) is 22.4 Å². The Labute approximate surface area is 223 Å². The van der Waals surface area contributed by atoms with Crippen molar-refractivity contribution in [3.05, 3.63) is 124 Å². The van der Waals surface area contributed by atoms with Gasteiger partial charge < -0.3 is 5.32 Å². The SMILES string of the molecule is Cc1ccc(Cl)cc1N(Cc1ccc(C(=O)Nc2ccccc2C(C)C)cc1)S(=O)(=O)c1ccccc1. The minimum absolute atomic E-state index is 0.0799. The highest BCUT2D eigenvalue weighted by atomic mass is 35.5. The van der Waals surface area contributed by atoms with Gasteiger partial charge in [-0.3, -0.25) is 9.10 Å². The number of benzene rings is 4. The van der Waals surface area contributed by atoms with E-state index in [1.54, 1.807) is 72.8 Å². The number of aryl methyl sites for hydroxylation is 1. The number of anilines is 2. The van der Waals surface area contributed by atoms with E-state index in [9.17, 15) is 13.2 Å². The number of sulfonamides is 1. The standard InChI is InChI=1S/C30H29ClN2O3S/c1-21(2)27-11-7-8-12-28(27)32-30(34)24-16-14-23(15-17-24)20-33(29-19-25(31)18-13-22(29)3)37(35,36)26-9-5-4-6-10-26/h4-19,21H,20H2,1-3H3,(H,32,34). The summed E-state index contributed by atoms with van der Waals surface area (Å²) in [7, 11) is -3.88. The summed E-state index contributed by atoms with van der Waals surface area (Å²) < 4.78 is 28.7. The number of hydrogen-bond donors (Lipinski definition) is 1. The van der Waals surface area contributed by atoms with Gasteiger partial charge in [-0.15, -0.1) is 0 Å². The van der Waals surface area contributed by atoms with Crippen LogP contribution in [0.3, 0.4) is 0 Å². The van der Waals surface area contributed by atoms with Crippen LogP contribution >= 0.6 is 11.6 Å². The molecule has 37 heavy (non-hydrogen) atoms. The van der Waals surface area contributed by atoms with E-state index in [-0.39, 0.29) is 23.3 Å². The van der Waals surface area contributed by atoms with Crippen molar-refractivity contribution in [2.24, 2.45) is 0 Å². The normalized spacial score (nSPS) is 11.4. The van der Waals surface area contributed by atoms with Crippen molar-refractivity contribution in [1.82, 2.24) is 0 Å². The summed E-state index contributed by atoms with van der Waals surface area (Å²) in [6.07, 6.45) is 0. The second kappa shape index (κ2) is 11.2. The number of para-hydroxylation sites is 1. The molecule has 0 saturated carbocycles. The van der Waals surface area contributed by atoms with Gasteiger partial charge in [-0.25, -0.2) is 8.42 Å². The second-order valence-corrected chi connectivity index (χ2v) is 11.4. The van der Waals surface area contributed by atoms with Gasteiger partial charge in [0, 0.05) is 16.3 Å². The Morgan fingerprint density at radius 3 is 2.22 bits per heavy atom. The maximum atomic E-state index is 13.7. The van der Waals surface area contributed by atoms with Gasteiger partial charge in [0.2, 0.25) is 0 Å². The third kappa shape index (κ3) is 6.04. The zero-order valence-corrected chi connectivity index (χ0v) is 22.6. The van der Waals surface area contributed by atoms with E-state index < -0.39 is 10.0 Å². The molecule has 1 amide bonds. The Hall–Kier alpha value is -3.61. The molecule has 0 aliphatic heterocycles. The molecule has 0 atom stereocenters. The second-order valence-electron chi connectivity index (χ2n) is 9.15. The van der Waals surface area contributed by atoms with Crippen LogP contribution in [0.2, 0.25) is 5.02 Å². The maximum Gasteiger partial charge on any atom is 0.264 e. The molecule has 0 heterocycles. The minimum Gasteiger partial charge on any atom is -0.322 e. The molecule has 5 nitrogen and oxygen atoms in total. The average Bonchev–Trinajstić information content (AvgIpc) is 2.89. The fourth-order valence-corrected chi connectivity index (χ4v) is 5.80. The lowest BCUT2D eigenvalue weighted by atomic mass is 10.0. The van der Waals surface area contributed by atoms with Gasteiger partial charge in [0.1, 0.15) is 0 Å². The first-order valence-corrected chi connectivity index (χ1v) is 13.8. The van der Waals surface area contributed by atoms with E-state index in [4.69, 9.17) is 11.6 Å². The topological polar surface area (TPSA) is 66.5 Å². The lowest BCUT2D eigenvalue weighted by Gasteiger charge is -2.26. The van der Waals surface area contributed by atoms with Crippen LogP contribution in [0, 0.1) is 6.92 Å². The molecule has 0 radical (unpaired) electrons. The number of hydrogen-bond acceptors (Lipinski definition) is 3. The summed E-state index contributed by atoms with van der Waals surface area (Å²) in [4.78, 5) is 13.1. The van der Waals surface area contributed by atoms with Gasteiger partial charge in [-0.2, -0.15) is 0 Å². The smallest absolute Gasteiger partial charge is 0.264 e. The summed E-state index contributed by atoms with van der Waals surface area (Å²) in [5.41, 5.74) is 4.35. The first kappa shape index (κ1) is 26.5. The van der Waals surface area contributed by atoms with Crippen LogP contribution in [0.25, 0.3) is 0 Å². The molecular weight excluding hydrogens is 504 g/mol. The third-order valence-electron chi connectivity index (χ3n) is 6.14. The monoisotopic (exact) mass is 532 g/mol. The number of nitrogens with one attached hydrogen (secondary N) is 1. The number of amides is 1. The van der Waals surface area contributed by atoms with Gasteiger partial charge in [0.05, 0.1) is 17.1 Å². The Morgan fingerprint density at radius 1 is 0.892 bits per heavy atom. The number of halogens is 1. The van der Waals surface area contributed by atoms with Crippen molar-refractivity contribution < 1.29 is 13.2 Å². The quantitative estimate of drug-likeness (QED) is 0.257. The van der Waals surface area contributed by atoms with Crippen LogP contribution in [0.1, 0.15) is 46.8 Å². The maximum absolute atomic E-state index is 13.7. The van der Waals surface area contributed by atoms with Crippen LogP contribution in [0.4, 0.5) is 11.4 Å². The summed E-state index contributed by atoms with van der Waals surface area (Å²) in [5, 5.41) is 3.44. The predicted octanol–water partition coefficient (Wildman–Crippen LogP) is 7.42. The molecule has 0 aliphatic carbocycles. The van der Waals surface area contributed by atoms with Crippen LogP contribution in [0.15, 0.2) is 102 Å². The number of carbonyl (C=O) groups excluding carboxylic acids is 1. The molecule has 0 aromatic heterocycles. The van der Waals surface area contributed by atoms with E-state index in [1.165, 1.54) is 4.31 Å². The summed E-state index contributed by atoms with van der Waals surface area (Å²) in [6, 6.07) is 28.2. The van der Waals surface area contributed by atoms with Gasteiger partial charge >= 0.3 is 0 Å². The molecule has 0 saturated heterocycles.